The van der Waals surface area contributed by atoms with E-state index >= 15 is 0 Å². The van der Waals surface area contributed by atoms with Gasteiger partial charge in [-0.2, -0.15) is 0 Å². The van der Waals surface area contributed by atoms with Crippen LogP contribution < -0.4 is 10.6 Å². The lowest BCUT2D eigenvalue weighted by Crippen LogP contribution is -2.32. The van der Waals surface area contributed by atoms with Crippen LogP contribution >= 0.6 is 11.8 Å². The smallest absolute Gasteiger partial charge is 0.238 e. The molecule has 0 saturated heterocycles. The first kappa shape index (κ1) is 14.8. The van der Waals surface area contributed by atoms with Crippen molar-refractivity contribution in [1.82, 2.24) is 5.32 Å². The molecule has 0 atom stereocenters. The van der Waals surface area contributed by atoms with Gasteiger partial charge in [-0.05, 0) is 12.1 Å². The van der Waals surface area contributed by atoms with E-state index < -0.39 is 0 Å². The zero-order valence-electron chi connectivity index (χ0n) is 10.9. The van der Waals surface area contributed by atoms with Crippen molar-refractivity contribution < 1.29 is 4.79 Å². The molecule has 0 saturated carbocycles. The second-order valence-corrected chi connectivity index (χ2v) is 5.24. The van der Waals surface area contributed by atoms with E-state index in [0.717, 1.165) is 16.3 Å². The molecule has 0 unspecified atom stereocenters. The lowest BCUT2D eigenvalue weighted by Gasteiger charge is -2.11. The van der Waals surface area contributed by atoms with Gasteiger partial charge < -0.3 is 10.6 Å². The van der Waals surface area contributed by atoms with Crippen LogP contribution in [-0.2, 0) is 4.79 Å². The van der Waals surface area contributed by atoms with Gasteiger partial charge >= 0.3 is 0 Å². The zero-order chi connectivity index (χ0) is 13.4. The number of hydrogen-bond acceptors (Lipinski definition) is 3. The van der Waals surface area contributed by atoms with E-state index in [1.807, 2.05) is 44.2 Å². The van der Waals surface area contributed by atoms with Crippen LogP contribution in [0.1, 0.15) is 13.8 Å². The van der Waals surface area contributed by atoms with Gasteiger partial charge in [0.1, 0.15) is 0 Å². The van der Waals surface area contributed by atoms with Crippen molar-refractivity contribution in [2.75, 3.05) is 17.6 Å². The first-order valence-electron chi connectivity index (χ1n) is 5.99. The van der Waals surface area contributed by atoms with Crippen molar-refractivity contribution >= 4 is 23.4 Å². The van der Waals surface area contributed by atoms with Gasteiger partial charge in [0, 0.05) is 16.7 Å². The standard InChI is InChI=1S/C14H20N2OS/c1-4-9-18-13-8-6-5-7-12(13)16-14(17)10-15-11(2)3/h4-8,11,15H,1,9-10H2,2-3H3,(H,16,17). The summed E-state index contributed by atoms with van der Waals surface area (Å²) < 4.78 is 0. The molecule has 0 radical (unpaired) electrons. The monoisotopic (exact) mass is 264 g/mol. The van der Waals surface area contributed by atoms with E-state index in [1.165, 1.54) is 0 Å². The molecule has 3 nitrogen and oxygen atoms in total. The van der Waals surface area contributed by atoms with Crippen LogP contribution in [-0.4, -0.2) is 24.2 Å². The third kappa shape index (κ3) is 5.38. The number of para-hydroxylation sites is 1. The highest BCUT2D eigenvalue weighted by Gasteiger charge is 2.06. The maximum atomic E-state index is 11.7. The molecule has 0 bridgehead atoms. The third-order valence-corrected chi connectivity index (χ3v) is 3.26. The largest absolute Gasteiger partial charge is 0.324 e. The first-order valence-corrected chi connectivity index (χ1v) is 6.98. The number of thioether (sulfide) groups is 1. The minimum absolute atomic E-state index is 0.0182. The maximum Gasteiger partial charge on any atom is 0.238 e. The molecule has 18 heavy (non-hydrogen) atoms. The Hall–Kier alpha value is -1.26. The number of nitrogens with one attached hydrogen (secondary N) is 2. The molecule has 4 heteroatoms. The lowest BCUT2D eigenvalue weighted by molar-refractivity contribution is -0.115. The first-order chi connectivity index (χ1) is 8.63. The van der Waals surface area contributed by atoms with Gasteiger partial charge in [-0.25, -0.2) is 0 Å². The number of carbonyl (C=O) groups excluding carboxylic acids is 1. The van der Waals surface area contributed by atoms with Crippen LogP contribution in [0.2, 0.25) is 0 Å². The van der Waals surface area contributed by atoms with E-state index in [-0.39, 0.29) is 5.91 Å². The highest BCUT2D eigenvalue weighted by Crippen LogP contribution is 2.26. The van der Waals surface area contributed by atoms with Gasteiger partial charge in [0.15, 0.2) is 0 Å². The summed E-state index contributed by atoms with van der Waals surface area (Å²) in [6.07, 6.45) is 1.85. The van der Waals surface area contributed by atoms with Gasteiger partial charge in [-0.3, -0.25) is 4.79 Å². The van der Waals surface area contributed by atoms with Crippen LogP contribution in [0.3, 0.4) is 0 Å². The normalized spacial score (nSPS) is 10.4. The Kier molecular flexibility index (Phi) is 6.54. The van der Waals surface area contributed by atoms with Crippen molar-refractivity contribution in [3.8, 4) is 0 Å². The Balaban J connectivity index is 2.59. The number of rotatable bonds is 7. The summed E-state index contributed by atoms with van der Waals surface area (Å²) >= 11 is 1.66. The van der Waals surface area contributed by atoms with Crippen LogP contribution in [0.5, 0.6) is 0 Å². The molecule has 1 aromatic carbocycles. The molecule has 0 aromatic heterocycles. The molecule has 1 rings (SSSR count). The second-order valence-electron chi connectivity index (χ2n) is 4.18. The summed E-state index contributed by atoms with van der Waals surface area (Å²) in [6.45, 7) is 8.06. The van der Waals surface area contributed by atoms with E-state index in [4.69, 9.17) is 0 Å². The van der Waals surface area contributed by atoms with Gasteiger partial charge in [0.2, 0.25) is 5.91 Å². The van der Waals surface area contributed by atoms with Gasteiger partial charge in [-0.15, -0.1) is 18.3 Å². The predicted octanol–water partition coefficient (Wildman–Crippen LogP) is 2.90. The minimum Gasteiger partial charge on any atom is -0.324 e. The van der Waals surface area contributed by atoms with Crippen molar-refractivity contribution in [2.24, 2.45) is 0 Å². The molecule has 1 aromatic rings. The average Bonchev–Trinajstić information content (AvgIpc) is 2.35. The fourth-order valence-corrected chi connectivity index (χ4v) is 2.08. The summed E-state index contributed by atoms with van der Waals surface area (Å²) in [4.78, 5) is 12.8. The van der Waals surface area contributed by atoms with Crippen molar-refractivity contribution in [1.29, 1.82) is 0 Å². The summed E-state index contributed by atoms with van der Waals surface area (Å²) in [7, 11) is 0. The molecule has 2 N–H and O–H groups in total. The molecule has 0 aliphatic heterocycles. The number of hydrogen-bond donors (Lipinski definition) is 2. The predicted molar refractivity (Wildman–Crippen MR) is 79.1 cm³/mol. The summed E-state index contributed by atoms with van der Waals surface area (Å²) in [5, 5.41) is 6.01. The summed E-state index contributed by atoms with van der Waals surface area (Å²) in [5.74, 6) is 0.812. The average molecular weight is 264 g/mol. The molecule has 98 valence electrons. The van der Waals surface area contributed by atoms with Crippen molar-refractivity contribution in [3.63, 3.8) is 0 Å². The fourth-order valence-electron chi connectivity index (χ4n) is 1.34. The molecule has 0 fully saturated rings. The number of amides is 1. The summed E-state index contributed by atoms with van der Waals surface area (Å²) in [6, 6.07) is 8.11. The van der Waals surface area contributed by atoms with E-state index in [2.05, 4.69) is 17.2 Å². The quantitative estimate of drug-likeness (QED) is 0.588. The topological polar surface area (TPSA) is 41.1 Å². The Labute approximate surface area is 113 Å². The maximum absolute atomic E-state index is 11.7. The molecular weight excluding hydrogens is 244 g/mol. The summed E-state index contributed by atoms with van der Waals surface area (Å²) in [5.41, 5.74) is 0.861. The Bertz CT molecular complexity index is 405. The van der Waals surface area contributed by atoms with Crippen LogP contribution in [0.4, 0.5) is 5.69 Å². The van der Waals surface area contributed by atoms with Gasteiger partial charge in [0.25, 0.3) is 0 Å². The number of anilines is 1. The third-order valence-electron chi connectivity index (χ3n) is 2.19. The van der Waals surface area contributed by atoms with Crippen molar-refractivity contribution in [2.45, 2.75) is 24.8 Å². The SMILES string of the molecule is C=CCSc1ccccc1NC(=O)CNC(C)C. The molecule has 0 aliphatic carbocycles. The highest BCUT2D eigenvalue weighted by atomic mass is 32.2. The van der Waals surface area contributed by atoms with E-state index in [0.29, 0.717) is 12.6 Å². The van der Waals surface area contributed by atoms with Gasteiger partial charge in [-0.1, -0.05) is 32.1 Å². The molecule has 0 aliphatic rings. The van der Waals surface area contributed by atoms with Crippen molar-refractivity contribution in [3.05, 3.63) is 36.9 Å². The van der Waals surface area contributed by atoms with Crippen LogP contribution in [0, 0.1) is 0 Å². The molecule has 0 spiro atoms. The Morgan fingerprint density at radius 1 is 1.44 bits per heavy atom. The highest BCUT2D eigenvalue weighted by molar-refractivity contribution is 7.99. The fraction of sp³-hybridized carbons (Fsp3) is 0.357. The van der Waals surface area contributed by atoms with E-state index in [1.54, 1.807) is 11.8 Å². The van der Waals surface area contributed by atoms with Crippen LogP contribution in [0.25, 0.3) is 0 Å². The van der Waals surface area contributed by atoms with Crippen LogP contribution in [0.15, 0.2) is 41.8 Å². The molecular formula is C14H20N2OS. The van der Waals surface area contributed by atoms with Gasteiger partial charge in [0.05, 0.1) is 12.2 Å². The second kappa shape index (κ2) is 7.95. The number of carbonyl (C=O) groups is 1. The molecule has 0 heterocycles. The van der Waals surface area contributed by atoms with E-state index in [9.17, 15) is 4.79 Å². The minimum atomic E-state index is -0.0182. The lowest BCUT2D eigenvalue weighted by atomic mass is 10.3. The zero-order valence-corrected chi connectivity index (χ0v) is 11.7. The number of benzene rings is 1. The Morgan fingerprint density at radius 2 is 2.17 bits per heavy atom. The Morgan fingerprint density at radius 3 is 2.83 bits per heavy atom. The molecule has 1 amide bonds.